The van der Waals surface area contributed by atoms with E-state index >= 15 is 0 Å². The largest absolute Gasteiger partial charge is 0.490 e. The van der Waals surface area contributed by atoms with Crippen LogP contribution in [0.15, 0.2) is 24.3 Å². The van der Waals surface area contributed by atoms with Crippen LogP contribution in [0.1, 0.15) is 120 Å². The summed E-state index contributed by atoms with van der Waals surface area (Å²) in [6, 6.07) is 11.0. The smallest absolute Gasteiger partial charge is 0.119 e. The molecule has 1 saturated carbocycles. The quantitative estimate of drug-likeness (QED) is 0.284. The van der Waals surface area contributed by atoms with E-state index in [1.54, 1.807) is 0 Å². The van der Waals surface area contributed by atoms with Crippen LogP contribution in [0.2, 0.25) is 0 Å². The fourth-order valence-electron chi connectivity index (χ4n) is 7.74. The number of ether oxygens (including phenoxy) is 1. The second-order valence-electron chi connectivity index (χ2n) is 18.1. The number of nitrogens with one attached hydrogen (secondary N) is 1. The highest BCUT2D eigenvalue weighted by molar-refractivity contribution is 5.28. The predicted molar refractivity (Wildman–Crippen MR) is 184 cm³/mol. The highest BCUT2D eigenvalue weighted by Crippen LogP contribution is 2.36. The summed E-state index contributed by atoms with van der Waals surface area (Å²) in [5.74, 6) is 1.02. The zero-order valence-electron chi connectivity index (χ0n) is 30.1. The van der Waals surface area contributed by atoms with Crippen molar-refractivity contribution in [1.82, 2.24) is 20.0 Å². The molecule has 246 valence electrons. The van der Waals surface area contributed by atoms with E-state index in [1.807, 2.05) is 0 Å². The van der Waals surface area contributed by atoms with E-state index < -0.39 is 0 Å². The molecule has 4 rings (SSSR count). The van der Waals surface area contributed by atoms with Crippen molar-refractivity contribution >= 4 is 0 Å². The van der Waals surface area contributed by atoms with E-state index in [2.05, 4.69) is 120 Å². The van der Waals surface area contributed by atoms with Crippen molar-refractivity contribution in [2.75, 3.05) is 39.3 Å². The van der Waals surface area contributed by atoms with Crippen molar-refractivity contribution in [3.8, 4) is 5.75 Å². The maximum atomic E-state index is 6.26. The molecule has 1 N–H and O–H groups in total. The first kappa shape index (κ1) is 34.7. The standard InChI is InChI=1S/C38H68N4O/c1-29-24-32(40-20-22-42(23-21-40)36(5,6)7)16-19-41(29)28-38(10,11)18-17-37(8,9)27-30-12-14-33(15-13-30)43-34-25-31(26-34)39-35(2,3)4/h12-15,29,31-32,34,39H,16-28H2,1-11H3/t29-,31?,32?,34?/m0/s1. The molecule has 3 aliphatic rings. The molecule has 2 atom stereocenters. The number of benzene rings is 1. The Morgan fingerprint density at radius 3 is 1.93 bits per heavy atom. The molecular formula is C38H68N4O. The van der Waals surface area contributed by atoms with Crippen molar-refractivity contribution in [3.05, 3.63) is 29.8 Å². The summed E-state index contributed by atoms with van der Waals surface area (Å²) >= 11 is 0. The highest BCUT2D eigenvalue weighted by atomic mass is 16.5. The zero-order valence-corrected chi connectivity index (χ0v) is 30.1. The minimum Gasteiger partial charge on any atom is -0.490 e. The molecule has 1 aromatic carbocycles. The third kappa shape index (κ3) is 10.7. The maximum Gasteiger partial charge on any atom is 0.119 e. The highest BCUT2D eigenvalue weighted by Gasteiger charge is 2.36. The molecule has 0 radical (unpaired) electrons. The van der Waals surface area contributed by atoms with Gasteiger partial charge in [-0.3, -0.25) is 9.80 Å². The average molecular weight is 597 g/mol. The lowest BCUT2D eigenvalue weighted by Crippen LogP contribution is -2.58. The summed E-state index contributed by atoms with van der Waals surface area (Å²) in [7, 11) is 0. The summed E-state index contributed by atoms with van der Waals surface area (Å²) in [6.07, 6.45) is 8.86. The molecule has 43 heavy (non-hydrogen) atoms. The van der Waals surface area contributed by atoms with Gasteiger partial charge in [-0.15, -0.1) is 0 Å². The number of rotatable bonds is 11. The lowest BCUT2D eigenvalue weighted by Gasteiger charge is -2.48. The number of likely N-dealkylation sites (tertiary alicyclic amines) is 1. The second-order valence-corrected chi connectivity index (χ2v) is 18.1. The zero-order chi connectivity index (χ0) is 31.6. The summed E-state index contributed by atoms with van der Waals surface area (Å²) in [4.78, 5) is 8.26. The lowest BCUT2D eigenvalue weighted by molar-refractivity contribution is 0.00379. The Morgan fingerprint density at radius 1 is 0.767 bits per heavy atom. The molecule has 3 fully saturated rings. The number of hydrogen-bond acceptors (Lipinski definition) is 5. The molecule has 0 bridgehead atoms. The fourth-order valence-corrected chi connectivity index (χ4v) is 7.74. The predicted octanol–water partition coefficient (Wildman–Crippen LogP) is 7.63. The number of hydrogen-bond donors (Lipinski definition) is 1. The topological polar surface area (TPSA) is 31.0 Å². The van der Waals surface area contributed by atoms with Gasteiger partial charge in [0.2, 0.25) is 0 Å². The van der Waals surface area contributed by atoms with Gasteiger partial charge < -0.3 is 15.0 Å². The molecule has 0 aromatic heterocycles. The molecule has 2 aliphatic heterocycles. The van der Waals surface area contributed by atoms with Gasteiger partial charge >= 0.3 is 0 Å². The second kappa shape index (κ2) is 13.7. The van der Waals surface area contributed by atoms with Crippen molar-refractivity contribution < 1.29 is 4.74 Å². The van der Waals surface area contributed by atoms with Crippen LogP contribution in [0, 0.1) is 10.8 Å². The first-order valence-electron chi connectivity index (χ1n) is 17.6. The fraction of sp³-hybridized carbons (Fsp3) is 0.842. The Labute approximate surface area is 266 Å². The Hall–Kier alpha value is -1.14. The molecule has 5 nitrogen and oxygen atoms in total. The van der Waals surface area contributed by atoms with Gasteiger partial charge in [0.05, 0.1) is 0 Å². The summed E-state index contributed by atoms with van der Waals surface area (Å²) in [5, 5.41) is 3.69. The van der Waals surface area contributed by atoms with E-state index in [0.717, 1.165) is 31.1 Å². The number of nitrogens with zero attached hydrogens (tertiary/aromatic N) is 3. The monoisotopic (exact) mass is 597 g/mol. The van der Waals surface area contributed by atoms with Gasteiger partial charge in [-0.1, -0.05) is 39.8 Å². The van der Waals surface area contributed by atoms with Gasteiger partial charge in [0, 0.05) is 61.9 Å². The number of piperazine rings is 1. The first-order chi connectivity index (χ1) is 19.9. The van der Waals surface area contributed by atoms with Gasteiger partial charge in [-0.05, 0) is 128 Å². The third-order valence-electron chi connectivity index (χ3n) is 10.5. The van der Waals surface area contributed by atoms with E-state index in [0.29, 0.717) is 29.1 Å². The molecule has 1 aliphatic carbocycles. The van der Waals surface area contributed by atoms with Crippen LogP contribution in [0.3, 0.4) is 0 Å². The third-order valence-corrected chi connectivity index (χ3v) is 10.5. The molecule has 2 heterocycles. The van der Waals surface area contributed by atoms with Crippen molar-refractivity contribution in [2.24, 2.45) is 10.8 Å². The van der Waals surface area contributed by atoms with Crippen molar-refractivity contribution in [2.45, 2.75) is 156 Å². The normalized spacial score (nSPS) is 27.2. The summed E-state index contributed by atoms with van der Waals surface area (Å²) in [6.45, 7) is 33.6. The molecule has 1 aromatic rings. The van der Waals surface area contributed by atoms with Crippen molar-refractivity contribution in [3.63, 3.8) is 0 Å². The van der Waals surface area contributed by atoms with Crippen molar-refractivity contribution in [1.29, 1.82) is 0 Å². The Kier molecular flexibility index (Phi) is 11.1. The van der Waals surface area contributed by atoms with E-state index in [9.17, 15) is 0 Å². The summed E-state index contributed by atoms with van der Waals surface area (Å²) in [5.41, 5.74) is 2.52. The van der Waals surface area contributed by atoms with Gasteiger partial charge in [-0.2, -0.15) is 0 Å². The maximum absolute atomic E-state index is 6.26. The molecule has 2 saturated heterocycles. The Balaban J connectivity index is 1.17. The molecular weight excluding hydrogens is 528 g/mol. The molecule has 5 heteroatoms. The van der Waals surface area contributed by atoms with Gasteiger partial charge in [0.1, 0.15) is 11.9 Å². The molecule has 1 unspecified atom stereocenters. The Morgan fingerprint density at radius 2 is 1.37 bits per heavy atom. The summed E-state index contributed by atoms with van der Waals surface area (Å²) < 4.78 is 6.26. The van der Waals surface area contributed by atoms with Gasteiger partial charge in [0.15, 0.2) is 0 Å². The van der Waals surface area contributed by atoms with E-state index in [1.165, 1.54) is 70.5 Å². The van der Waals surface area contributed by atoms with Gasteiger partial charge in [0.25, 0.3) is 0 Å². The van der Waals surface area contributed by atoms with Crippen LogP contribution in [-0.2, 0) is 6.42 Å². The Bertz CT molecular complexity index is 990. The minimum absolute atomic E-state index is 0.178. The van der Waals surface area contributed by atoms with Crippen LogP contribution in [0.25, 0.3) is 0 Å². The average Bonchev–Trinajstić information content (AvgIpc) is 2.87. The van der Waals surface area contributed by atoms with Gasteiger partial charge in [-0.25, -0.2) is 0 Å². The van der Waals surface area contributed by atoms with Crippen LogP contribution in [-0.4, -0.2) is 89.3 Å². The van der Waals surface area contributed by atoms with Crippen LogP contribution in [0.5, 0.6) is 5.75 Å². The van der Waals surface area contributed by atoms with E-state index in [4.69, 9.17) is 4.74 Å². The van der Waals surface area contributed by atoms with Crippen LogP contribution >= 0.6 is 0 Å². The number of piperidine rings is 1. The van der Waals surface area contributed by atoms with E-state index in [-0.39, 0.29) is 11.0 Å². The SMILES string of the molecule is C[C@H]1CC(N2CCN(C(C)(C)C)CC2)CCN1CC(C)(C)CCC(C)(C)Cc1ccc(OC2CC(NC(C)(C)C)C2)cc1. The van der Waals surface area contributed by atoms with Crippen LogP contribution in [0.4, 0.5) is 0 Å². The lowest BCUT2D eigenvalue weighted by atomic mass is 9.75. The van der Waals surface area contributed by atoms with Crippen LogP contribution < -0.4 is 10.1 Å². The first-order valence-corrected chi connectivity index (χ1v) is 17.6. The molecule has 0 spiro atoms. The minimum atomic E-state index is 0.178. The molecule has 0 amide bonds.